The molecule has 0 saturated carbocycles. The number of pyridine rings is 1. The first kappa shape index (κ1) is 15.7. The molecule has 0 bridgehead atoms. The summed E-state index contributed by atoms with van der Waals surface area (Å²) in [7, 11) is 0. The smallest absolute Gasteiger partial charge is 0.372 e. The molecule has 1 saturated heterocycles. The summed E-state index contributed by atoms with van der Waals surface area (Å²) in [6.45, 7) is 7.97. The van der Waals surface area contributed by atoms with Gasteiger partial charge in [-0.1, -0.05) is 6.07 Å². The van der Waals surface area contributed by atoms with Gasteiger partial charge in [-0.2, -0.15) is 9.38 Å². The van der Waals surface area contributed by atoms with Crippen molar-refractivity contribution in [3.05, 3.63) is 34.5 Å². The molecule has 0 unspecified atom stereocenters. The van der Waals surface area contributed by atoms with Crippen molar-refractivity contribution >= 4 is 17.3 Å². The van der Waals surface area contributed by atoms with Gasteiger partial charge >= 0.3 is 5.82 Å². The second-order valence-electron chi connectivity index (χ2n) is 6.24. The predicted molar refractivity (Wildman–Crippen MR) is 86.8 cm³/mol. The lowest BCUT2D eigenvalue weighted by Crippen LogP contribution is -2.53. The van der Waals surface area contributed by atoms with Gasteiger partial charge in [0, 0.05) is 31.2 Å². The first-order valence-electron chi connectivity index (χ1n) is 7.67. The number of aromatic nitrogens is 2. The largest absolute Gasteiger partial charge is 0.379 e. The van der Waals surface area contributed by atoms with Crippen molar-refractivity contribution in [2.45, 2.75) is 19.4 Å². The number of nitrogens with zero attached hydrogens (tertiary/aromatic N) is 4. The minimum absolute atomic E-state index is 0.0293. The van der Waals surface area contributed by atoms with E-state index in [1.54, 1.807) is 18.3 Å². The molecule has 8 heteroatoms. The highest BCUT2D eigenvalue weighted by atomic mass is 16.6. The van der Waals surface area contributed by atoms with E-state index in [-0.39, 0.29) is 11.4 Å². The van der Waals surface area contributed by atoms with Crippen LogP contribution in [-0.4, -0.2) is 57.6 Å². The molecule has 124 valence electrons. The van der Waals surface area contributed by atoms with Crippen LogP contribution < -0.4 is 5.32 Å². The van der Waals surface area contributed by atoms with Crippen LogP contribution in [0, 0.1) is 10.1 Å². The summed E-state index contributed by atoms with van der Waals surface area (Å²) in [5.74, 6) is 0.279. The third-order valence-electron chi connectivity index (χ3n) is 4.23. The van der Waals surface area contributed by atoms with Crippen molar-refractivity contribution in [1.29, 1.82) is 0 Å². The number of hydrogen-bond acceptors (Lipinski definition) is 6. The zero-order valence-corrected chi connectivity index (χ0v) is 13.4. The van der Waals surface area contributed by atoms with Crippen LogP contribution in [0.3, 0.4) is 0 Å². The molecule has 0 radical (unpaired) electrons. The minimum Gasteiger partial charge on any atom is -0.379 e. The highest BCUT2D eigenvalue weighted by molar-refractivity contribution is 5.62. The Labute approximate surface area is 134 Å². The number of rotatable bonds is 5. The number of hydrogen-bond donors (Lipinski definition) is 1. The molecule has 8 nitrogen and oxygen atoms in total. The molecule has 0 spiro atoms. The van der Waals surface area contributed by atoms with Gasteiger partial charge < -0.3 is 20.2 Å². The van der Waals surface area contributed by atoms with Gasteiger partial charge in [0.05, 0.1) is 19.4 Å². The van der Waals surface area contributed by atoms with E-state index >= 15 is 0 Å². The Morgan fingerprint density at radius 2 is 2.13 bits per heavy atom. The molecule has 1 aliphatic heterocycles. The number of imidazole rings is 1. The number of anilines is 1. The lowest BCUT2D eigenvalue weighted by Gasteiger charge is -2.40. The van der Waals surface area contributed by atoms with E-state index in [4.69, 9.17) is 4.74 Å². The van der Waals surface area contributed by atoms with Gasteiger partial charge in [0.25, 0.3) is 0 Å². The number of morpholine rings is 1. The highest BCUT2D eigenvalue weighted by Gasteiger charge is 2.30. The average molecular weight is 319 g/mol. The van der Waals surface area contributed by atoms with Crippen molar-refractivity contribution in [3.63, 3.8) is 0 Å². The van der Waals surface area contributed by atoms with Crippen LogP contribution in [0.4, 0.5) is 11.6 Å². The predicted octanol–water partition coefficient (Wildman–Crippen LogP) is 1.77. The van der Waals surface area contributed by atoms with Crippen molar-refractivity contribution < 1.29 is 9.66 Å². The van der Waals surface area contributed by atoms with Gasteiger partial charge in [-0.3, -0.25) is 4.90 Å². The monoisotopic (exact) mass is 319 g/mol. The van der Waals surface area contributed by atoms with E-state index in [0.717, 1.165) is 26.3 Å². The first-order valence-corrected chi connectivity index (χ1v) is 7.67. The number of nitrogens with one attached hydrogen (secondary N) is 1. The normalized spacial score (nSPS) is 16.6. The molecular formula is C15H21N5O3. The molecule has 23 heavy (non-hydrogen) atoms. The third-order valence-corrected chi connectivity index (χ3v) is 4.23. The van der Waals surface area contributed by atoms with E-state index in [1.165, 1.54) is 4.40 Å². The number of ether oxygens (including phenoxy) is 1. The van der Waals surface area contributed by atoms with Crippen LogP contribution in [0.15, 0.2) is 24.4 Å². The second-order valence-corrected chi connectivity index (χ2v) is 6.24. The summed E-state index contributed by atoms with van der Waals surface area (Å²) in [4.78, 5) is 17.7. The summed E-state index contributed by atoms with van der Waals surface area (Å²) < 4.78 is 6.87. The summed E-state index contributed by atoms with van der Waals surface area (Å²) >= 11 is 0. The molecule has 0 aliphatic carbocycles. The quantitative estimate of drug-likeness (QED) is 0.668. The Bertz CT molecular complexity index is 706. The van der Waals surface area contributed by atoms with Crippen LogP contribution in [0.2, 0.25) is 0 Å². The molecule has 1 fully saturated rings. The van der Waals surface area contributed by atoms with Gasteiger partial charge in [-0.15, -0.1) is 0 Å². The highest BCUT2D eigenvalue weighted by Crippen LogP contribution is 2.26. The number of fused-ring (bicyclic) bond motifs is 1. The summed E-state index contributed by atoms with van der Waals surface area (Å²) in [6, 6.07) is 5.32. The maximum Gasteiger partial charge on any atom is 0.372 e. The average Bonchev–Trinajstić information content (AvgIpc) is 2.92. The van der Waals surface area contributed by atoms with Crippen LogP contribution in [0.1, 0.15) is 13.8 Å². The van der Waals surface area contributed by atoms with E-state index < -0.39 is 4.92 Å². The summed E-state index contributed by atoms with van der Waals surface area (Å²) in [5, 5.41) is 14.6. The molecule has 0 aromatic carbocycles. The standard InChI is InChI=1S/C15H21N5O3/c1-15(2,18-7-9-23-10-8-18)11-16-13-14(20(21)22)19-6-4-3-5-12(19)17-13/h3-6,16H,7-11H2,1-2H3. The summed E-state index contributed by atoms with van der Waals surface area (Å²) in [6.07, 6.45) is 1.65. The van der Waals surface area contributed by atoms with Gasteiger partial charge in [0.2, 0.25) is 11.5 Å². The van der Waals surface area contributed by atoms with Gasteiger partial charge in [-0.25, -0.2) is 0 Å². The molecule has 3 heterocycles. The molecule has 3 rings (SSSR count). The summed E-state index contributed by atoms with van der Waals surface area (Å²) in [5.41, 5.74) is 0.416. The lowest BCUT2D eigenvalue weighted by atomic mass is 10.0. The molecule has 1 aliphatic rings. The third kappa shape index (κ3) is 3.13. The van der Waals surface area contributed by atoms with Gasteiger partial charge in [0.15, 0.2) is 0 Å². The molecular weight excluding hydrogens is 298 g/mol. The van der Waals surface area contributed by atoms with Crippen molar-refractivity contribution in [1.82, 2.24) is 14.3 Å². The Balaban J connectivity index is 1.81. The maximum absolute atomic E-state index is 11.4. The Morgan fingerprint density at radius 1 is 1.39 bits per heavy atom. The van der Waals surface area contributed by atoms with E-state index in [2.05, 4.69) is 29.0 Å². The van der Waals surface area contributed by atoms with Crippen molar-refractivity contribution in [2.75, 3.05) is 38.2 Å². The van der Waals surface area contributed by atoms with Crippen LogP contribution in [0.25, 0.3) is 5.65 Å². The SMILES string of the molecule is CC(C)(CNc1nc2ccccn2c1[N+](=O)[O-])N1CCOCC1. The Kier molecular flexibility index (Phi) is 4.18. The Hall–Kier alpha value is -2.19. The lowest BCUT2D eigenvalue weighted by molar-refractivity contribution is -0.389. The fourth-order valence-electron chi connectivity index (χ4n) is 2.86. The fraction of sp³-hybridized carbons (Fsp3) is 0.533. The minimum atomic E-state index is -0.399. The van der Waals surface area contributed by atoms with E-state index in [0.29, 0.717) is 18.0 Å². The van der Waals surface area contributed by atoms with Crippen molar-refractivity contribution in [2.24, 2.45) is 0 Å². The number of nitro groups is 1. The first-order chi connectivity index (χ1) is 11.0. The zero-order chi connectivity index (χ0) is 16.4. The topological polar surface area (TPSA) is 84.9 Å². The van der Waals surface area contributed by atoms with E-state index in [9.17, 15) is 10.1 Å². The van der Waals surface area contributed by atoms with Gasteiger partial charge in [-0.05, 0) is 24.8 Å². The van der Waals surface area contributed by atoms with Gasteiger partial charge in [0.1, 0.15) is 0 Å². The zero-order valence-electron chi connectivity index (χ0n) is 13.4. The molecule has 0 atom stereocenters. The molecule has 2 aromatic rings. The Morgan fingerprint density at radius 3 is 2.83 bits per heavy atom. The van der Waals surface area contributed by atoms with Crippen molar-refractivity contribution in [3.8, 4) is 0 Å². The van der Waals surface area contributed by atoms with Crippen LogP contribution in [0.5, 0.6) is 0 Å². The molecule has 0 amide bonds. The van der Waals surface area contributed by atoms with Crippen LogP contribution in [-0.2, 0) is 4.74 Å². The maximum atomic E-state index is 11.4. The second kappa shape index (κ2) is 6.13. The fourth-order valence-corrected chi connectivity index (χ4v) is 2.86. The van der Waals surface area contributed by atoms with E-state index in [1.807, 2.05) is 6.07 Å². The molecule has 2 aromatic heterocycles. The van der Waals surface area contributed by atoms with Crippen LogP contribution >= 0.6 is 0 Å². The molecule has 1 N–H and O–H groups in total.